The second-order valence-electron chi connectivity index (χ2n) is 27.3. The topological polar surface area (TPSA) is 151 Å². The molecule has 2 N–H and O–H groups in total. The number of ether oxygens (including phenoxy) is 2. The number of nitrogens with zero attached hydrogens (tertiary/aromatic N) is 9. The van der Waals surface area contributed by atoms with Gasteiger partial charge in [0.25, 0.3) is 5.91 Å². The van der Waals surface area contributed by atoms with Crippen LogP contribution in [0.3, 0.4) is 0 Å². The van der Waals surface area contributed by atoms with Gasteiger partial charge < -0.3 is 29.2 Å². The van der Waals surface area contributed by atoms with Gasteiger partial charge in [0.1, 0.15) is 18.1 Å². The van der Waals surface area contributed by atoms with Crippen molar-refractivity contribution in [2.75, 3.05) is 104 Å². The molecule has 1 spiro atoms. The first-order valence-electron chi connectivity index (χ1n) is 31.6. The Bertz CT molecular complexity index is 2920. The number of esters is 1. The summed E-state index contributed by atoms with van der Waals surface area (Å²) in [7, 11) is 3.87. The van der Waals surface area contributed by atoms with E-state index in [9.17, 15) is 9.59 Å². The third-order valence-corrected chi connectivity index (χ3v) is 21.0. The summed E-state index contributed by atoms with van der Waals surface area (Å²) >= 11 is 0. The molecule has 17 heteroatoms. The Morgan fingerprint density at radius 3 is 2.47 bits per heavy atom. The molecule has 0 radical (unpaired) electrons. The molecule has 81 heavy (non-hydrogen) atoms. The highest BCUT2D eigenvalue weighted by Gasteiger charge is 2.59. The minimum Gasteiger partial charge on any atom is -0.464 e. The molecule has 17 nitrogen and oxygen atoms in total. The summed E-state index contributed by atoms with van der Waals surface area (Å²) in [6, 6.07) is 8.57. The zero-order chi connectivity index (χ0) is 55.9. The number of amides is 3. The molecule has 2 aromatic heterocycles. The third kappa shape index (κ3) is 11.0. The Hall–Kier alpha value is -4.91. The van der Waals surface area contributed by atoms with Crippen LogP contribution in [0, 0.1) is 22.7 Å². The molecule has 1 aromatic carbocycles. The maximum Gasteiger partial charge on any atom is 0.324 e. The number of likely N-dealkylation sites (tertiary alicyclic amines) is 2. The number of cyclic esters (lactones) is 1. The first-order chi connectivity index (χ1) is 39.2. The molecule has 3 aliphatic carbocycles. The van der Waals surface area contributed by atoms with Crippen LogP contribution in [0.25, 0.3) is 27.7 Å². The Kier molecular flexibility index (Phi) is 15.2. The summed E-state index contributed by atoms with van der Waals surface area (Å²) < 4.78 is 14.9. The summed E-state index contributed by atoms with van der Waals surface area (Å²) in [4.78, 5) is 78.4. The van der Waals surface area contributed by atoms with Crippen molar-refractivity contribution >= 4 is 45.9 Å². The van der Waals surface area contributed by atoms with E-state index in [0.29, 0.717) is 56.8 Å². The van der Waals surface area contributed by atoms with E-state index in [0.717, 1.165) is 150 Å². The number of aromatic nitrogens is 2. The van der Waals surface area contributed by atoms with E-state index in [4.69, 9.17) is 14.5 Å². The number of hydrogen-bond acceptors (Lipinski definition) is 13. The molecule has 6 bridgehead atoms. The average Bonchev–Trinajstić information content (AvgIpc) is 4.63. The Morgan fingerprint density at radius 2 is 1.72 bits per heavy atom. The smallest absolute Gasteiger partial charge is 0.324 e. The van der Waals surface area contributed by atoms with Crippen LogP contribution in [-0.4, -0.2) is 198 Å². The maximum absolute atomic E-state index is 15.4. The lowest BCUT2D eigenvalue weighted by atomic mass is 9.84. The lowest BCUT2D eigenvalue weighted by Gasteiger charge is -2.39. The number of aryl methyl sites for hydroxylation is 1. The molecule has 3 aromatic rings. The summed E-state index contributed by atoms with van der Waals surface area (Å²) in [5.41, 5.74) is 11.8. The number of likely N-dealkylation sites (N-methyl/N-ethyl adjacent to an activating group) is 1. The fourth-order valence-electron chi connectivity index (χ4n) is 16.1. The van der Waals surface area contributed by atoms with Gasteiger partial charge in [-0.2, -0.15) is 0 Å². The molecule has 8 fully saturated rings. The second kappa shape index (κ2) is 22.3. The number of carbonyl (C=O) groups is 4. The van der Waals surface area contributed by atoms with E-state index < -0.39 is 17.5 Å². The standard InChI is InChI=1S/C64H91N11O6/c1-7-74-53-21-18-44-32-48(53)50(57(74)49-33-47(35-65-54(49)41(2)80-6)71-30-28-70(29-31-71)46-19-20-46)34-63(3,4)40-81-62(79)51-15-11-25-75(67-51)60(77)52(37-69-24-10-14-45(44)36-69)66-59(76)56(42-12-8-9-13-42)72-26-22-64(38-72)23-27-73(39-64)61(78)58-55(68(58)5)43-16-17-43/h14,18,21,32-33,35,41-43,46,51-52,55-56,58,67H,7-13,15-17,19-20,22-31,34,36-40H2,1-6H3,(H,66,76)/t41-,51-,52-,55+,56-,58+,64-,68?/m0/s1. The van der Waals surface area contributed by atoms with Crippen molar-refractivity contribution in [1.82, 2.24) is 49.8 Å². The number of nitrogens with one attached hydrogen (secondary N) is 2. The summed E-state index contributed by atoms with van der Waals surface area (Å²) in [6.45, 7) is 18.9. The molecule has 13 rings (SSSR count). The average molecular weight is 1110 g/mol. The SMILES string of the molecule is CCn1c(-c2cc(N3CCN(C4CC4)CC3)cnc2[C@H](C)OC)c2c3cc(ccc31)C1=CCCN(C1)C[C@H](NC(=O)[C@H](C1CCCC1)N1CC[C@]3(CCN(C(=O)[C@H]4[C@@H](C5CC5)N4C)C3)C1)C(=O)N1CCC[C@H](N1)C(=O)OCC(C)(C)C2. The van der Waals surface area contributed by atoms with Crippen molar-refractivity contribution in [2.24, 2.45) is 22.7 Å². The van der Waals surface area contributed by atoms with Crippen LogP contribution in [0.15, 0.2) is 36.5 Å². The summed E-state index contributed by atoms with van der Waals surface area (Å²) in [6.07, 6.45) is 18.0. The number of hydrazine groups is 1. The first-order valence-corrected chi connectivity index (χ1v) is 31.6. The number of pyridine rings is 1. The summed E-state index contributed by atoms with van der Waals surface area (Å²) in [5.74, 6) is 0.506. The van der Waals surface area contributed by atoms with E-state index >= 15 is 9.59 Å². The molecule has 7 aliphatic heterocycles. The number of benzene rings is 1. The van der Waals surface area contributed by atoms with Gasteiger partial charge in [0.05, 0.1) is 42.0 Å². The predicted octanol–water partition coefficient (Wildman–Crippen LogP) is 6.49. The van der Waals surface area contributed by atoms with Gasteiger partial charge in [0, 0.05) is 125 Å². The molecule has 10 aliphatic rings. The normalized spacial score (nSPS) is 31.3. The molecule has 5 saturated heterocycles. The highest BCUT2D eigenvalue weighted by atomic mass is 16.5. The van der Waals surface area contributed by atoms with Crippen molar-refractivity contribution in [3.8, 4) is 11.3 Å². The van der Waals surface area contributed by atoms with Crippen LogP contribution in [0.2, 0.25) is 0 Å². The van der Waals surface area contributed by atoms with E-state index in [1.165, 1.54) is 42.2 Å². The number of anilines is 1. The molecule has 3 amide bonds. The number of piperazine rings is 1. The number of methoxy groups -OCH3 is 1. The lowest BCUT2D eigenvalue weighted by Crippen LogP contribution is -2.63. The van der Waals surface area contributed by atoms with E-state index in [2.05, 4.69) is 110 Å². The van der Waals surface area contributed by atoms with Crippen LogP contribution in [-0.2, 0) is 41.6 Å². The Balaban J connectivity index is 0.807. The summed E-state index contributed by atoms with van der Waals surface area (Å²) in [5, 5.41) is 6.22. The minimum absolute atomic E-state index is 0.0264. The van der Waals surface area contributed by atoms with Crippen LogP contribution < -0.4 is 15.6 Å². The minimum atomic E-state index is -0.850. The quantitative estimate of drug-likeness (QED) is 0.151. The first kappa shape index (κ1) is 55.3. The number of rotatable bonds is 12. The zero-order valence-corrected chi connectivity index (χ0v) is 49.4. The molecule has 438 valence electrons. The van der Waals surface area contributed by atoms with Crippen LogP contribution >= 0.6 is 0 Å². The third-order valence-electron chi connectivity index (χ3n) is 21.0. The lowest BCUT2D eigenvalue weighted by molar-refractivity contribution is -0.155. The van der Waals surface area contributed by atoms with E-state index in [1.54, 1.807) is 12.1 Å². The second-order valence-corrected chi connectivity index (χ2v) is 27.3. The number of carbonyl (C=O) groups excluding carboxylic acids is 4. The highest BCUT2D eigenvalue weighted by molar-refractivity contribution is 5.95. The van der Waals surface area contributed by atoms with Crippen molar-refractivity contribution in [3.63, 3.8) is 0 Å². The molecular formula is C64H91N11O6. The van der Waals surface area contributed by atoms with Gasteiger partial charge >= 0.3 is 5.97 Å². The highest BCUT2D eigenvalue weighted by Crippen LogP contribution is 2.49. The largest absolute Gasteiger partial charge is 0.464 e. The van der Waals surface area contributed by atoms with Crippen LogP contribution in [0.4, 0.5) is 5.69 Å². The fourth-order valence-corrected chi connectivity index (χ4v) is 16.1. The molecule has 2 unspecified atom stereocenters. The zero-order valence-electron chi connectivity index (χ0n) is 49.4. The van der Waals surface area contributed by atoms with Gasteiger partial charge in [-0.15, -0.1) is 0 Å². The van der Waals surface area contributed by atoms with Gasteiger partial charge in [-0.05, 0) is 151 Å². The molecule has 9 heterocycles. The van der Waals surface area contributed by atoms with E-state index in [-0.39, 0.29) is 53.9 Å². The van der Waals surface area contributed by atoms with Crippen LogP contribution in [0.1, 0.15) is 134 Å². The fraction of sp³-hybridized carbons (Fsp3) is 0.703. The van der Waals surface area contributed by atoms with Crippen molar-refractivity contribution in [2.45, 2.75) is 166 Å². The molecule has 3 saturated carbocycles. The molecular weight excluding hydrogens is 1020 g/mol. The monoisotopic (exact) mass is 1110 g/mol. The van der Waals surface area contributed by atoms with Gasteiger partial charge in [-0.3, -0.25) is 48.8 Å². The van der Waals surface area contributed by atoms with Crippen molar-refractivity contribution in [3.05, 3.63) is 53.4 Å². The van der Waals surface area contributed by atoms with Crippen LogP contribution in [0.5, 0.6) is 0 Å². The van der Waals surface area contributed by atoms with E-state index in [1.807, 2.05) is 6.20 Å². The molecule has 9 atom stereocenters. The van der Waals surface area contributed by atoms with Gasteiger partial charge in [0.2, 0.25) is 11.8 Å². The number of hydrogen-bond donors (Lipinski definition) is 2. The van der Waals surface area contributed by atoms with Gasteiger partial charge in [-0.1, -0.05) is 38.8 Å². The maximum atomic E-state index is 15.4. The Labute approximate surface area is 480 Å². The van der Waals surface area contributed by atoms with Gasteiger partial charge in [0.15, 0.2) is 0 Å². The predicted molar refractivity (Wildman–Crippen MR) is 314 cm³/mol. The Morgan fingerprint density at radius 1 is 0.926 bits per heavy atom. The van der Waals surface area contributed by atoms with Gasteiger partial charge in [-0.25, -0.2) is 5.43 Å². The number of fused-ring (bicyclic) bond motifs is 6. The van der Waals surface area contributed by atoms with Crippen molar-refractivity contribution in [1.29, 1.82) is 0 Å². The van der Waals surface area contributed by atoms with Crippen molar-refractivity contribution < 1.29 is 28.7 Å².